The topological polar surface area (TPSA) is 0 Å². The summed E-state index contributed by atoms with van der Waals surface area (Å²) in [5.41, 5.74) is 0. The zero-order chi connectivity index (χ0) is 10.5. The van der Waals surface area contributed by atoms with Crippen LogP contribution < -0.4 is 5.19 Å². The van der Waals surface area contributed by atoms with Crippen molar-refractivity contribution < 1.29 is 0 Å². The minimum absolute atomic E-state index is 0.803. The first-order chi connectivity index (χ1) is 7.36. The second-order valence-corrected chi connectivity index (χ2v) is 5.82. The quantitative estimate of drug-likeness (QED) is 0.678. The molecule has 0 atom stereocenters. The summed E-state index contributed by atoms with van der Waals surface area (Å²) in [5, 5.41) is 2.91. The maximum atomic E-state index is 4.29. The van der Waals surface area contributed by atoms with Crippen molar-refractivity contribution in [3.8, 4) is 0 Å². The van der Waals surface area contributed by atoms with Gasteiger partial charge in [-0.15, -0.1) is 6.58 Å². The minimum Gasteiger partial charge on any atom is -0.104 e. The molecule has 1 heteroatoms. The number of hydrogen-bond acceptors (Lipinski definition) is 0. The Morgan fingerprint density at radius 3 is 2.40 bits per heavy atom. The van der Waals surface area contributed by atoms with Crippen LogP contribution in [0.3, 0.4) is 0 Å². The summed E-state index contributed by atoms with van der Waals surface area (Å²) in [6.45, 7) is 4.29. The number of benzene rings is 1. The fourth-order valence-electron chi connectivity index (χ4n) is 2.26. The third kappa shape index (κ3) is 3.06. The fraction of sp³-hybridized carbons (Fsp3) is 0.429. The van der Waals surface area contributed by atoms with Gasteiger partial charge in [0.2, 0.25) is 0 Å². The molecule has 1 aromatic carbocycles. The highest BCUT2D eigenvalue weighted by molar-refractivity contribution is 6.60. The van der Waals surface area contributed by atoms with Crippen LogP contribution in [0.4, 0.5) is 0 Å². The van der Waals surface area contributed by atoms with Crippen LogP contribution in [0.5, 0.6) is 0 Å². The summed E-state index contributed by atoms with van der Waals surface area (Å²) < 4.78 is 0. The second-order valence-electron chi connectivity index (χ2n) is 4.35. The van der Waals surface area contributed by atoms with Gasteiger partial charge in [-0.2, -0.15) is 0 Å². The van der Waals surface area contributed by atoms with E-state index in [4.69, 9.17) is 0 Å². The largest absolute Gasteiger partial charge is 0.115 e. The Balaban J connectivity index is 1.91. The highest BCUT2D eigenvalue weighted by atomic mass is 28.2. The Kier molecular flexibility index (Phi) is 3.79. The molecule has 0 saturated heterocycles. The molecule has 15 heavy (non-hydrogen) atoms. The van der Waals surface area contributed by atoms with Crippen LogP contribution in [-0.2, 0) is 0 Å². The molecule has 0 amide bonds. The summed E-state index contributed by atoms with van der Waals surface area (Å²) in [6, 6.07) is 10.8. The predicted octanol–water partition coefficient (Wildman–Crippen LogP) is 3.11. The van der Waals surface area contributed by atoms with Gasteiger partial charge in [0.25, 0.3) is 0 Å². The summed E-state index contributed by atoms with van der Waals surface area (Å²) in [7, 11) is 0.815. The van der Waals surface area contributed by atoms with E-state index in [1.165, 1.54) is 42.5 Å². The molecule has 1 saturated carbocycles. The lowest BCUT2D eigenvalue weighted by atomic mass is 9.89. The van der Waals surface area contributed by atoms with E-state index in [2.05, 4.69) is 36.9 Å². The average molecular weight is 214 g/mol. The molecule has 1 aliphatic rings. The van der Waals surface area contributed by atoms with Crippen molar-refractivity contribution in [2.45, 2.75) is 32.1 Å². The Bertz CT molecular complexity index is 309. The third-order valence-corrected chi connectivity index (χ3v) is 4.53. The minimum atomic E-state index is 0.803. The molecule has 0 N–H and O–H groups in total. The number of hydrogen-bond donors (Lipinski definition) is 0. The molecule has 0 aromatic heterocycles. The van der Waals surface area contributed by atoms with Gasteiger partial charge in [-0.25, -0.2) is 0 Å². The first-order valence-corrected chi connectivity index (χ1v) is 6.87. The van der Waals surface area contributed by atoms with Gasteiger partial charge >= 0.3 is 0 Å². The van der Waals surface area contributed by atoms with Crippen LogP contribution in [0.2, 0.25) is 0 Å². The Labute approximate surface area is 95.2 Å². The summed E-state index contributed by atoms with van der Waals surface area (Å²) in [5.74, 6) is 0.803. The lowest BCUT2D eigenvalue weighted by Crippen LogP contribution is -2.21. The zero-order valence-corrected chi connectivity index (χ0v) is 10.2. The van der Waals surface area contributed by atoms with Crippen LogP contribution in [0.1, 0.15) is 32.1 Å². The van der Waals surface area contributed by atoms with Gasteiger partial charge in [-0.3, -0.25) is 0 Å². The maximum Gasteiger partial charge on any atom is 0.115 e. The first kappa shape index (κ1) is 10.7. The zero-order valence-electron chi connectivity index (χ0n) is 9.21. The van der Waals surface area contributed by atoms with Crippen molar-refractivity contribution in [1.29, 1.82) is 0 Å². The van der Waals surface area contributed by atoms with E-state index in [9.17, 15) is 0 Å². The molecule has 2 radical (unpaired) electrons. The van der Waals surface area contributed by atoms with Crippen molar-refractivity contribution in [2.75, 3.05) is 0 Å². The van der Waals surface area contributed by atoms with Crippen molar-refractivity contribution in [1.82, 2.24) is 0 Å². The van der Waals surface area contributed by atoms with Gasteiger partial charge in [0, 0.05) is 0 Å². The van der Waals surface area contributed by atoms with Gasteiger partial charge in [-0.1, -0.05) is 60.0 Å². The van der Waals surface area contributed by atoms with E-state index in [-0.39, 0.29) is 0 Å². The van der Waals surface area contributed by atoms with Crippen LogP contribution >= 0.6 is 0 Å². The monoisotopic (exact) mass is 214 g/mol. The summed E-state index contributed by atoms with van der Waals surface area (Å²) in [6.07, 6.45) is 6.99. The van der Waals surface area contributed by atoms with E-state index >= 15 is 0 Å². The molecule has 0 unspecified atom stereocenters. The molecule has 0 nitrogen and oxygen atoms in total. The Hall–Kier alpha value is -0.823. The number of rotatable bonds is 3. The maximum absolute atomic E-state index is 4.29. The van der Waals surface area contributed by atoms with E-state index in [1.807, 2.05) is 0 Å². The molecule has 0 heterocycles. The first-order valence-electron chi connectivity index (χ1n) is 5.87. The second kappa shape index (κ2) is 5.31. The van der Waals surface area contributed by atoms with E-state index in [0.717, 1.165) is 15.4 Å². The molecular formula is C14H18Si. The summed E-state index contributed by atoms with van der Waals surface area (Å²) >= 11 is 0. The number of allylic oxidation sites excluding steroid dienone is 1. The molecule has 0 bridgehead atoms. The predicted molar refractivity (Wildman–Crippen MR) is 67.5 cm³/mol. The van der Waals surface area contributed by atoms with Crippen molar-refractivity contribution in [2.24, 2.45) is 5.92 Å². The van der Waals surface area contributed by atoms with Crippen LogP contribution in [0, 0.1) is 5.92 Å². The molecule has 1 fully saturated rings. The lowest BCUT2D eigenvalue weighted by molar-refractivity contribution is 0.414. The van der Waals surface area contributed by atoms with Crippen molar-refractivity contribution >= 4 is 14.7 Å². The van der Waals surface area contributed by atoms with Gasteiger partial charge < -0.3 is 0 Å². The van der Waals surface area contributed by atoms with Crippen LogP contribution in [0.15, 0.2) is 42.1 Å². The average Bonchev–Trinajstić information content (AvgIpc) is 2.31. The molecule has 0 aliphatic heterocycles. The highest BCUT2D eigenvalue weighted by Crippen LogP contribution is 2.28. The SMILES string of the molecule is C=C([Si]c1ccccc1)C1CCCCC1. The van der Waals surface area contributed by atoms with E-state index in [0.29, 0.717) is 0 Å². The van der Waals surface area contributed by atoms with Crippen molar-refractivity contribution in [3.05, 3.63) is 42.1 Å². The van der Waals surface area contributed by atoms with Crippen LogP contribution in [0.25, 0.3) is 0 Å². The molecule has 1 aromatic rings. The molecule has 1 aliphatic carbocycles. The molecule has 0 spiro atoms. The van der Waals surface area contributed by atoms with Gasteiger partial charge in [0.1, 0.15) is 9.52 Å². The molecule has 2 rings (SSSR count). The third-order valence-electron chi connectivity index (χ3n) is 3.18. The Morgan fingerprint density at radius 1 is 1.07 bits per heavy atom. The van der Waals surface area contributed by atoms with Gasteiger partial charge in [-0.05, 0) is 18.8 Å². The Morgan fingerprint density at radius 2 is 1.73 bits per heavy atom. The van der Waals surface area contributed by atoms with Gasteiger partial charge in [0.05, 0.1) is 0 Å². The standard InChI is InChI=1S/C14H18Si/c1-12(13-8-4-2-5-9-13)15-14-10-6-3-7-11-14/h3,6-7,10-11,13H,1-2,4-5,8-9H2. The molecule has 78 valence electrons. The lowest BCUT2D eigenvalue weighted by Gasteiger charge is -2.23. The summed E-state index contributed by atoms with van der Waals surface area (Å²) in [4.78, 5) is 0. The van der Waals surface area contributed by atoms with E-state index < -0.39 is 0 Å². The molecular weight excluding hydrogens is 196 g/mol. The van der Waals surface area contributed by atoms with Gasteiger partial charge in [0.15, 0.2) is 0 Å². The smallest absolute Gasteiger partial charge is 0.104 e. The highest BCUT2D eigenvalue weighted by Gasteiger charge is 2.16. The van der Waals surface area contributed by atoms with E-state index in [1.54, 1.807) is 0 Å². The fourth-order valence-corrected chi connectivity index (χ4v) is 3.48. The normalized spacial score (nSPS) is 17.6. The van der Waals surface area contributed by atoms with Crippen molar-refractivity contribution in [3.63, 3.8) is 0 Å². The van der Waals surface area contributed by atoms with Crippen LogP contribution in [-0.4, -0.2) is 9.52 Å².